The number of hydrogen-bond acceptors (Lipinski definition) is 3. The molecular formula is C31H25FN2O2S. The van der Waals surface area contributed by atoms with E-state index in [1.54, 1.807) is 35.2 Å². The van der Waals surface area contributed by atoms with Gasteiger partial charge in [0.1, 0.15) is 5.82 Å². The molecule has 0 radical (unpaired) electrons. The summed E-state index contributed by atoms with van der Waals surface area (Å²) in [5.41, 5.74) is 3.59. The number of amides is 2. The number of halogens is 1. The Labute approximate surface area is 219 Å². The van der Waals surface area contributed by atoms with Crippen LogP contribution in [0.1, 0.15) is 40.0 Å². The monoisotopic (exact) mass is 508 g/mol. The van der Waals surface area contributed by atoms with Gasteiger partial charge in [-0.2, -0.15) is 0 Å². The van der Waals surface area contributed by atoms with Crippen LogP contribution >= 0.6 is 11.8 Å². The molecule has 1 atom stereocenters. The van der Waals surface area contributed by atoms with Crippen LogP contribution in [0.4, 0.5) is 10.1 Å². The zero-order valence-corrected chi connectivity index (χ0v) is 21.0. The molecule has 4 nitrogen and oxygen atoms in total. The lowest BCUT2D eigenvalue weighted by atomic mass is 10.1. The summed E-state index contributed by atoms with van der Waals surface area (Å²) in [6, 6.07) is 30.9. The van der Waals surface area contributed by atoms with Crippen molar-refractivity contribution in [2.75, 3.05) is 4.90 Å². The zero-order valence-electron chi connectivity index (χ0n) is 20.2. The lowest BCUT2D eigenvalue weighted by molar-refractivity contribution is -0.114. The van der Waals surface area contributed by atoms with Crippen LogP contribution in [0, 0.1) is 5.82 Å². The highest BCUT2D eigenvalue weighted by Crippen LogP contribution is 2.42. The number of para-hydroxylation sites is 1. The summed E-state index contributed by atoms with van der Waals surface area (Å²) in [4.78, 5) is 29.3. The second-order valence-electron chi connectivity index (χ2n) is 8.79. The summed E-state index contributed by atoms with van der Waals surface area (Å²) in [6.07, 6.45) is 1.81. The van der Waals surface area contributed by atoms with Crippen molar-refractivity contribution in [3.63, 3.8) is 0 Å². The van der Waals surface area contributed by atoms with Gasteiger partial charge in [0.05, 0.1) is 23.2 Å². The van der Waals surface area contributed by atoms with E-state index in [9.17, 15) is 14.0 Å². The Balaban J connectivity index is 1.36. The van der Waals surface area contributed by atoms with Gasteiger partial charge in [0.2, 0.25) is 0 Å². The molecule has 2 amide bonds. The van der Waals surface area contributed by atoms with Crippen LogP contribution in [0.25, 0.3) is 6.08 Å². The molecule has 0 saturated heterocycles. The molecule has 0 saturated carbocycles. The van der Waals surface area contributed by atoms with E-state index >= 15 is 0 Å². The standard InChI is InChI=1S/C31H25FN2O2S/c1-21(23-9-3-2-4-10-23)33-30(35)24-17-15-22(16-18-24)19-29-31(36)34(20-25-11-5-6-12-26(25)32)27-13-7-8-14-28(27)37-29/h2-19,21H,20H2,1H3,(H,33,35)/b29-19-. The number of fused-ring (bicyclic) bond motifs is 1. The van der Waals surface area contributed by atoms with Crippen molar-refractivity contribution in [1.29, 1.82) is 0 Å². The Kier molecular flexibility index (Phi) is 7.19. The third kappa shape index (κ3) is 5.49. The van der Waals surface area contributed by atoms with Crippen molar-refractivity contribution in [3.8, 4) is 0 Å². The Morgan fingerprint density at radius 3 is 2.35 bits per heavy atom. The van der Waals surface area contributed by atoms with Crippen molar-refractivity contribution in [3.05, 3.63) is 136 Å². The summed E-state index contributed by atoms with van der Waals surface area (Å²) in [6.45, 7) is 2.09. The molecule has 5 rings (SSSR count). The molecule has 1 aliphatic heterocycles. The second-order valence-corrected chi connectivity index (χ2v) is 9.87. The maximum absolute atomic E-state index is 14.4. The van der Waals surface area contributed by atoms with Crippen LogP contribution in [0.2, 0.25) is 0 Å². The van der Waals surface area contributed by atoms with Crippen LogP contribution in [0.15, 0.2) is 113 Å². The van der Waals surface area contributed by atoms with Crippen molar-refractivity contribution in [2.24, 2.45) is 0 Å². The first-order valence-electron chi connectivity index (χ1n) is 12.0. The fourth-order valence-corrected chi connectivity index (χ4v) is 5.26. The smallest absolute Gasteiger partial charge is 0.265 e. The van der Waals surface area contributed by atoms with Crippen LogP contribution in [-0.4, -0.2) is 11.8 Å². The molecule has 0 bridgehead atoms. The van der Waals surface area contributed by atoms with E-state index < -0.39 is 0 Å². The second kappa shape index (κ2) is 10.8. The van der Waals surface area contributed by atoms with Crippen LogP contribution in [0.3, 0.4) is 0 Å². The van der Waals surface area contributed by atoms with E-state index in [1.807, 2.05) is 79.7 Å². The number of benzene rings is 4. The summed E-state index contributed by atoms with van der Waals surface area (Å²) < 4.78 is 14.4. The lowest BCUT2D eigenvalue weighted by Gasteiger charge is -2.30. The van der Waals surface area contributed by atoms with Crippen LogP contribution in [-0.2, 0) is 11.3 Å². The van der Waals surface area contributed by atoms with Crippen LogP contribution < -0.4 is 10.2 Å². The molecule has 1 unspecified atom stereocenters. The van der Waals surface area contributed by atoms with Gasteiger partial charge in [0.15, 0.2) is 0 Å². The minimum Gasteiger partial charge on any atom is -0.346 e. The van der Waals surface area contributed by atoms with Gasteiger partial charge in [-0.05, 0) is 54.5 Å². The zero-order chi connectivity index (χ0) is 25.8. The Hall–Kier alpha value is -4.16. The van der Waals surface area contributed by atoms with E-state index in [0.29, 0.717) is 16.0 Å². The van der Waals surface area contributed by atoms with Crippen molar-refractivity contribution in [1.82, 2.24) is 5.32 Å². The van der Waals surface area contributed by atoms with Crippen molar-refractivity contribution < 1.29 is 14.0 Å². The molecule has 184 valence electrons. The summed E-state index contributed by atoms with van der Waals surface area (Å²) in [5, 5.41) is 3.01. The minimum atomic E-state index is -0.341. The van der Waals surface area contributed by atoms with E-state index in [1.165, 1.54) is 17.8 Å². The fourth-order valence-electron chi connectivity index (χ4n) is 4.20. The van der Waals surface area contributed by atoms with E-state index in [4.69, 9.17) is 0 Å². The van der Waals surface area contributed by atoms with Gasteiger partial charge >= 0.3 is 0 Å². The molecule has 4 aromatic carbocycles. The number of hydrogen-bond donors (Lipinski definition) is 1. The Morgan fingerprint density at radius 2 is 1.59 bits per heavy atom. The van der Waals surface area contributed by atoms with Crippen molar-refractivity contribution in [2.45, 2.75) is 24.4 Å². The molecule has 4 aromatic rings. The van der Waals surface area contributed by atoms with Gasteiger partial charge in [0.25, 0.3) is 11.8 Å². The van der Waals surface area contributed by atoms with E-state index in [2.05, 4.69) is 5.32 Å². The predicted molar refractivity (Wildman–Crippen MR) is 147 cm³/mol. The number of nitrogens with zero attached hydrogens (tertiary/aromatic N) is 1. The van der Waals surface area contributed by atoms with Crippen molar-refractivity contribution >= 4 is 35.3 Å². The molecule has 0 aliphatic carbocycles. The number of rotatable bonds is 6. The van der Waals surface area contributed by atoms with Gasteiger partial charge in [-0.15, -0.1) is 0 Å². The van der Waals surface area contributed by atoms with Gasteiger partial charge < -0.3 is 10.2 Å². The third-order valence-electron chi connectivity index (χ3n) is 6.24. The number of carbonyl (C=O) groups is 2. The molecule has 6 heteroatoms. The quantitative estimate of drug-likeness (QED) is 0.285. The highest BCUT2D eigenvalue weighted by Gasteiger charge is 2.29. The number of anilines is 1. The highest BCUT2D eigenvalue weighted by atomic mass is 32.2. The molecule has 0 aromatic heterocycles. The van der Waals surface area contributed by atoms with Gasteiger partial charge in [0, 0.05) is 16.0 Å². The summed E-state index contributed by atoms with van der Waals surface area (Å²) >= 11 is 1.39. The first-order valence-corrected chi connectivity index (χ1v) is 12.8. The Morgan fingerprint density at radius 1 is 0.919 bits per heavy atom. The molecule has 1 heterocycles. The molecule has 0 fully saturated rings. The topological polar surface area (TPSA) is 49.4 Å². The van der Waals surface area contributed by atoms with E-state index in [0.717, 1.165) is 21.7 Å². The van der Waals surface area contributed by atoms with Gasteiger partial charge in [-0.1, -0.05) is 84.6 Å². The molecule has 1 aliphatic rings. The number of thioether (sulfide) groups is 1. The van der Waals surface area contributed by atoms with Crippen LogP contribution in [0.5, 0.6) is 0 Å². The highest BCUT2D eigenvalue weighted by molar-refractivity contribution is 8.04. The Bertz CT molecular complexity index is 1470. The predicted octanol–water partition coefficient (Wildman–Crippen LogP) is 7.00. The minimum absolute atomic E-state index is 0.118. The normalized spacial score (nSPS) is 14.8. The number of nitrogens with one attached hydrogen (secondary N) is 1. The first kappa shape index (κ1) is 24.5. The first-order chi connectivity index (χ1) is 18.0. The average molecular weight is 509 g/mol. The maximum atomic E-state index is 14.4. The summed E-state index contributed by atoms with van der Waals surface area (Å²) in [5.74, 6) is -0.693. The molecule has 37 heavy (non-hydrogen) atoms. The molecular weight excluding hydrogens is 483 g/mol. The molecule has 1 N–H and O–H groups in total. The largest absolute Gasteiger partial charge is 0.346 e. The average Bonchev–Trinajstić information content (AvgIpc) is 2.93. The maximum Gasteiger partial charge on any atom is 0.265 e. The summed E-state index contributed by atoms with van der Waals surface area (Å²) in [7, 11) is 0. The SMILES string of the molecule is CC(NC(=O)c1ccc(/C=C2\Sc3ccccc3N(Cc3ccccc3F)C2=O)cc1)c1ccccc1. The van der Waals surface area contributed by atoms with Gasteiger partial charge in [-0.3, -0.25) is 9.59 Å². The number of carbonyl (C=O) groups excluding carboxylic acids is 2. The van der Waals surface area contributed by atoms with E-state index in [-0.39, 0.29) is 30.2 Å². The van der Waals surface area contributed by atoms with Gasteiger partial charge in [-0.25, -0.2) is 4.39 Å². The molecule has 0 spiro atoms. The fraction of sp³-hybridized carbons (Fsp3) is 0.0968. The third-order valence-corrected chi connectivity index (χ3v) is 7.31. The lowest BCUT2D eigenvalue weighted by Crippen LogP contribution is -2.34.